The Hall–Kier alpha value is -2.51. The molecule has 2 atom stereocenters. The van der Waals surface area contributed by atoms with Crippen LogP contribution in [0.4, 0.5) is 4.79 Å². The molecule has 0 saturated carbocycles. The second-order valence-corrected chi connectivity index (χ2v) is 5.87. The minimum Gasteiger partial charge on any atom is -0.270 e. The topological polar surface area (TPSA) is 80.4 Å². The summed E-state index contributed by atoms with van der Waals surface area (Å²) in [7, 11) is 1.63. The molecule has 3 aliphatic heterocycles. The highest BCUT2D eigenvalue weighted by Crippen LogP contribution is 2.23. The van der Waals surface area contributed by atoms with E-state index in [0.29, 0.717) is 11.8 Å². The fourth-order valence-electron chi connectivity index (χ4n) is 2.82. The van der Waals surface area contributed by atoms with Crippen LogP contribution >= 0.6 is 0 Å². The van der Waals surface area contributed by atoms with Gasteiger partial charge in [-0.3, -0.25) is 14.6 Å². The highest BCUT2D eigenvalue weighted by atomic mass is 16.2. The fraction of sp³-hybridized carbons (Fsp3) is 0.500. The second-order valence-electron chi connectivity index (χ2n) is 5.87. The number of likely N-dealkylation sites (N-methyl/N-ethyl adjacent to an activating group) is 1. The van der Waals surface area contributed by atoms with Gasteiger partial charge in [0.15, 0.2) is 0 Å². The molecule has 2 unspecified atom stereocenters. The minimum absolute atomic E-state index is 0.0697. The van der Waals surface area contributed by atoms with Crippen molar-refractivity contribution >= 4 is 29.4 Å². The number of hydrogen-bond donors (Lipinski definition) is 1. The molecule has 116 valence electrons. The quantitative estimate of drug-likeness (QED) is 0.575. The van der Waals surface area contributed by atoms with Crippen LogP contribution in [0.25, 0.3) is 0 Å². The predicted molar refractivity (Wildman–Crippen MR) is 81.9 cm³/mol. The summed E-state index contributed by atoms with van der Waals surface area (Å²) in [6.07, 6.45) is 0. The van der Waals surface area contributed by atoms with E-state index in [1.54, 1.807) is 14.0 Å². The van der Waals surface area contributed by atoms with Gasteiger partial charge in [0, 0.05) is 7.05 Å². The lowest BCUT2D eigenvalue weighted by Crippen LogP contribution is -2.64. The van der Waals surface area contributed by atoms with Crippen LogP contribution in [0.15, 0.2) is 22.2 Å². The molecule has 0 aromatic carbocycles. The highest BCUT2D eigenvalue weighted by molar-refractivity contribution is 6.23. The summed E-state index contributed by atoms with van der Waals surface area (Å²) in [5.74, 6) is 0.665. The van der Waals surface area contributed by atoms with E-state index in [0.717, 1.165) is 11.3 Å². The lowest BCUT2D eigenvalue weighted by Gasteiger charge is -2.35. The number of amides is 3. The Morgan fingerprint density at radius 3 is 2.77 bits per heavy atom. The van der Waals surface area contributed by atoms with E-state index >= 15 is 0 Å². The van der Waals surface area contributed by atoms with Gasteiger partial charge in [0.25, 0.3) is 5.91 Å². The zero-order valence-electron chi connectivity index (χ0n) is 13.1. The number of hydrazone groups is 1. The van der Waals surface area contributed by atoms with Gasteiger partial charge in [0.05, 0.1) is 12.3 Å². The Bertz CT molecular complexity index is 689. The molecule has 1 saturated heterocycles. The summed E-state index contributed by atoms with van der Waals surface area (Å²) in [5.41, 5.74) is 4.46. The van der Waals surface area contributed by atoms with Gasteiger partial charge >= 0.3 is 12.0 Å². The van der Waals surface area contributed by atoms with E-state index in [-0.39, 0.29) is 24.5 Å². The van der Waals surface area contributed by atoms with Crippen molar-refractivity contribution in [2.45, 2.75) is 32.9 Å². The monoisotopic (exact) mass is 303 g/mol. The number of imide groups is 1. The molecule has 22 heavy (non-hydrogen) atoms. The number of aliphatic imine (C=N–C) groups is 1. The Kier molecular flexibility index (Phi) is 3.12. The molecule has 0 aromatic rings. The summed E-state index contributed by atoms with van der Waals surface area (Å²) in [5, 5.41) is 4.19. The molecule has 0 bridgehead atoms. The minimum atomic E-state index is -0.606. The van der Waals surface area contributed by atoms with Crippen LogP contribution in [0.5, 0.6) is 0 Å². The van der Waals surface area contributed by atoms with Crippen LogP contribution in [0, 0.1) is 0 Å². The van der Waals surface area contributed by atoms with Gasteiger partial charge < -0.3 is 0 Å². The van der Waals surface area contributed by atoms with Gasteiger partial charge in [0.2, 0.25) is 11.9 Å². The molecule has 1 fully saturated rings. The van der Waals surface area contributed by atoms with Crippen molar-refractivity contribution in [3.05, 3.63) is 12.2 Å². The van der Waals surface area contributed by atoms with E-state index in [1.165, 1.54) is 9.80 Å². The van der Waals surface area contributed by atoms with Gasteiger partial charge in [-0.1, -0.05) is 17.1 Å². The summed E-state index contributed by atoms with van der Waals surface area (Å²) >= 11 is 0. The Balaban J connectivity index is 2.02. The summed E-state index contributed by atoms with van der Waals surface area (Å²) in [4.78, 5) is 32.3. The molecule has 3 rings (SSSR count). The Morgan fingerprint density at radius 1 is 1.45 bits per heavy atom. The number of hydrogen-bond acceptors (Lipinski definition) is 5. The molecule has 1 N–H and O–H groups in total. The number of guanidine groups is 1. The average Bonchev–Trinajstić information content (AvgIpc) is 2.85. The molecule has 3 amide bonds. The number of amidine groups is 1. The summed E-state index contributed by atoms with van der Waals surface area (Å²) in [6, 6.07) is -1.06. The molecule has 0 aromatic heterocycles. The van der Waals surface area contributed by atoms with Crippen molar-refractivity contribution < 1.29 is 14.2 Å². The average molecular weight is 303 g/mol. The lowest BCUT2D eigenvalue weighted by atomic mass is 10.1. The van der Waals surface area contributed by atoms with Crippen LogP contribution < -0.4 is 5.43 Å². The SMILES string of the molecule is C=C(C)CN1C(=O)C2C(=NC3=[N+]2C(C)C(C)=NN3)N(C)C1=O. The maximum atomic E-state index is 12.8. The van der Waals surface area contributed by atoms with Crippen LogP contribution in [0.2, 0.25) is 0 Å². The van der Waals surface area contributed by atoms with Crippen LogP contribution in [0.3, 0.4) is 0 Å². The van der Waals surface area contributed by atoms with E-state index in [4.69, 9.17) is 0 Å². The van der Waals surface area contributed by atoms with E-state index in [2.05, 4.69) is 22.1 Å². The van der Waals surface area contributed by atoms with Gasteiger partial charge in [-0.2, -0.15) is 5.43 Å². The first-order valence-electron chi connectivity index (χ1n) is 7.10. The van der Waals surface area contributed by atoms with Gasteiger partial charge in [-0.05, 0) is 20.8 Å². The highest BCUT2D eigenvalue weighted by Gasteiger charge is 2.54. The number of nitrogens with zero attached hydrogens (tertiary/aromatic N) is 5. The zero-order valence-corrected chi connectivity index (χ0v) is 13.1. The number of fused-ring (bicyclic) bond motifs is 2. The van der Waals surface area contributed by atoms with Crippen molar-refractivity contribution in [3.8, 4) is 0 Å². The molecule has 3 aliphatic rings. The maximum Gasteiger partial charge on any atom is 0.414 e. The van der Waals surface area contributed by atoms with E-state index < -0.39 is 6.04 Å². The third-order valence-corrected chi connectivity index (χ3v) is 4.13. The molecule has 3 heterocycles. The Morgan fingerprint density at radius 2 is 2.14 bits per heavy atom. The van der Waals surface area contributed by atoms with E-state index in [9.17, 15) is 9.59 Å². The van der Waals surface area contributed by atoms with Crippen molar-refractivity contribution in [3.63, 3.8) is 0 Å². The Labute approximate surface area is 128 Å². The smallest absolute Gasteiger partial charge is 0.270 e. The molecule has 8 nitrogen and oxygen atoms in total. The van der Waals surface area contributed by atoms with Crippen molar-refractivity contribution in [2.24, 2.45) is 10.1 Å². The number of carbonyl (C=O) groups excluding carboxylic acids is 2. The van der Waals surface area contributed by atoms with Crippen LogP contribution in [0.1, 0.15) is 20.8 Å². The zero-order chi connectivity index (χ0) is 16.2. The first kappa shape index (κ1) is 14.4. The van der Waals surface area contributed by atoms with Crippen molar-refractivity contribution in [1.29, 1.82) is 0 Å². The predicted octanol–water partition coefficient (Wildman–Crippen LogP) is -0.0267. The first-order valence-corrected chi connectivity index (χ1v) is 7.10. The van der Waals surface area contributed by atoms with Crippen molar-refractivity contribution in [1.82, 2.24) is 15.2 Å². The van der Waals surface area contributed by atoms with Gasteiger partial charge in [0.1, 0.15) is 6.04 Å². The van der Waals surface area contributed by atoms with Gasteiger partial charge in [-0.25, -0.2) is 9.37 Å². The third-order valence-electron chi connectivity index (χ3n) is 4.13. The normalized spacial score (nSPS) is 27.3. The molecular formula is C14H19N6O2+. The van der Waals surface area contributed by atoms with Crippen molar-refractivity contribution in [2.75, 3.05) is 13.6 Å². The molecule has 0 aliphatic carbocycles. The molecule has 8 heteroatoms. The lowest BCUT2D eigenvalue weighted by molar-refractivity contribution is -0.555. The largest absolute Gasteiger partial charge is 0.414 e. The fourth-order valence-corrected chi connectivity index (χ4v) is 2.82. The number of urea groups is 1. The maximum absolute atomic E-state index is 12.8. The van der Waals surface area contributed by atoms with Gasteiger partial charge in [-0.15, -0.1) is 5.10 Å². The first-order chi connectivity index (χ1) is 10.3. The van der Waals surface area contributed by atoms with E-state index in [1.807, 2.05) is 18.4 Å². The van der Waals surface area contributed by atoms with Crippen LogP contribution in [-0.2, 0) is 4.79 Å². The number of carbonyl (C=O) groups is 2. The number of nitrogens with one attached hydrogen (secondary N) is 1. The molecule has 0 radical (unpaired) electrons. The standard InChI is InChI=1S/C14H18N6O2/c1-7(2)6-19-12(21)10-11(18(5)14(19)22)15-13-17-16-8(3)9(4)20(10)13/h9-10H,1,6H2,2-5H3/p+1. The van der Waals surface area contributed by atoms with Crippen LogP contribution in [-0.4, -0.2) is 69.5 Å². The second kappa shape index (κ2) is 4.75. The summed E-state index contributed by atoms with van der Waals surface area (Å²) in [6.45, 7) is 9.65. The molecular weight excluding hydrogens is 284 g/mol. The molecule has 0 spiro atoms. The third kappa shape index (κ3) is 1.87. The summed E-state index contributed by atoms with van der Waals surface area (Å²) < 4.78 is 1.87. The number of rotatable bonds is 2.